The first-order valence-electron chi connectivity index (χ1n) is 3.26. The van der Waals surface area contributed by atoms with Gasteiger partial charge in [-0.25, -0.2) is 13.2 Å². The lowest BCUT2D eigenvalue weighted by molar-refractivity contribution is 0.435. The molecule has 0 aliphatic heterocycles. The minimum Gasteiger partial charge on any atom is -0.230 e. The molecule has 0 heterocycles. The van der Waals surface area contributed by atoms with Crippen LogP contribution < -0.4 is 0 Å². The molecule has 1 rings (SSSR count). The summed E-state index contributed by atoms with van der Waals surface area (Å²) in [4.78, 5) is 0. The highest BCUT2D eigenvalue weighted by Gasteiger charge is 2.15. The van der Waals surface area contributed by atoms with Gasteiger partial charge in [0.1, 0.15) is 0 Å². The van der Waals surface area contributed by atoms with Crippen LogP contribution >= 0.6 is 15.9 Å². The van der Waals surface area contributed by atoms with Gasteiger partial charge in [0, 0.05) is 5.56 Å². The van der Waals surface area contributed by atoms with E-state index in [-0.39, 0.29) is 11.1 Å². The molecule has 0 N–H and O–H groups in total. The highest BCUT2D eigenvalue weighted by Crippen LogP contribution is 2.28. The molecule has 0 saturated carbocycles. The summed E-state index contributed by atoms with van der Waals surface area (Å²) in [5.74, 6) is -2.12. The summed E-state index contributed by atoms with van der Waals surface area (Å²) in [5, 5.41) is -1.66. The van der Waals surface area contributed by atoms with Crippen LogP contribution in [0.5, 0.6) is 0 Å². The number of hydrogen-bond acceptors (Lipinski definition) is 0. The second kappa shape index (κ2) is 3.47. The fraction of sp³-hybridized carbons (Fsp3) is 0.250. The molecule has 1 aromatic carbocycles. The summed E-state index contributed by atoms with van der Waals surface area (Å²) >= 11 is 2.52. The van der Waals surface area contributed by atoms with Gasteiger partial charge < -0.3 is 0 Å². The molecule has 0 nitrogen and oxygen atoms in total. The van der Waals surface area contributed by atoms with Crippen molar-refractivity contribution in [1.29, 1.82) is 0 Å². The fourth-order valence-electron chi connectivity index (χ4n) is 0.829. The van der Waals surface area contributed by atoms with E-state index in [2.05, 4.69) is 15.9 Å². The van der Waals surface area contributed by atoms with E-state index in [0.717, 1.165) is 0 Å². The monoisotopic (exact) mass is 238 g/mol. The van der Waals surface area contributed by atoms with Crippen LogP contribution in [0.3, 0.4) is 0 Å². The smallest absolute Gasteiger partial charge is 0.182 e. The normalized spacial score (nSPS) is 13.1. The molecule has 0 amide bonds. The molecular formula is C8H6BrF3. The molecule has 66 valence electrons. The van der Waals surface area contributed by atoms with Gasteiger partial charge in [-0.1, -0.05) is 12.1 Å². The van der Waals surface area contributed by atoms with Crippen LogP contribution in [0.4, 0.5) is 13.2 Å². The molecule has 1 atom stereocenters. The Bertz CT molecular complexity index is 297. The van der Waals surface area contributed by atoms with Crippen molar-refractivity contribution in [3.05, 3.63) is 34.9 Å². The molecular weight excluding hydrogens is 233 g/mol. The van der Waals surface area contributed by atoms with Crippen molar-refractivity contribution in [2.75, 3.05) is 0 Å². The van der Waals surface area contributed by atoms with Crippen LogP contribution in [0.25, 0.3) is 0 Å². The molecule has 0 fully saturated rings. The third kappa shape index (κ3) is 1.63. The van der Waals surface area contributed by atoms with Gasteiger partial charge in [0.25, 0.3) is 0 Å². The van der Waals surface area contributed by atoms with Gasteiger partial charge in [0.15, 0.2) is 16.7 Å². The van der Waals surface area contributed by atoms with Crippen molar-refractivity contribution in [3.63, 3.8) is 0 Å². The predicted molar refractivity (Wildman–Crippen MR) is 43.9 cm³/mol. The standard InChI is InChI=1S/C8H6BrF3/c1-4-2-3-5(8(9)12)7(11)6(4)10/h2-3,8H,1H3. The Balaban J connectivity index is 3.27. The number of benzene rings is 1. The maximum Gasteiger partial charge on any atom is 0.182 e. The summed E-state index contributed by atoms with van der Waals surface area (Å²) in [5.41, 5.74) is -0.137. The topological polar surface area (TPSA) is 0 Å². The van der Waals surface area contributed by atoms with E-state index < -0.39 is 16.7 Å². The zero-order valence-corrected chi connectivity index (χ0v) is 7.83. The summed E-state index contributed by atoms with van der Waals surface area (Å²) in [6, 6.07) is 2.55. The Morgan fingerprint density at radius 3 is 2.33 bits per heavy atom. The van der Waals surface area contributed by atoms with Gasteiger partial charge >= 0.3 is 0 Å². The van der Waals surface area contributed by atoms with Gasteiger partial charge in [-0.15, -0.1) is 0 Å². The Kier molecular flexibility index (Phi) is 2.77. The lowest BCUT2D eigenvalue weighted by Crippen LogP contribution is -1.95. The Labute approximate surface area is 76.5 Å². The van der Waals surface area contributed by atoms with Gasteiger partial charge in [-0.3, -0.25) is 0 Å². The lowest BCUT2D eigenvalue weighted by Gasteiger charge is -2.04. The van der Waals surface area contributed by atoms with Crippen LogP contribution in [0, 0.1) is 18.6 Å². The van der Waals surface area contributed by atoms with Crippen molar-refractivity contribution < 1.29 is 13.2 Å². The van der Waals surface area contributed by atoms with E-state index in [1.165, 1.54) is 19.1 Å². The molecule has 0 aliphatic rings. The number of rotatable bonds is 1. The SMILES string of the molecule is Cc1ccc(C(F)Br)c(F)c1F. The second-order valence-corrected chi connectivity index (χ2v) is 3.20. The number of alkyl halides is 2. The molecule has 0 radical (unpaired) electrons. The minimum absolute atomic E-state index is 0.171. The van der Waals surface area contributed by atoms with Crippen LogP contribution in [0.2, 0.25) is 0 Å². The first kappa shape index (κ1) is 9.58. The summed E-state index contributed by atoms with van der Waals surface area (Å²) in [6.45, 7) is 1.42. The van der Waals surface area contributed by atoms with E-state index in [1.54, 1.807) is 0 Å². The van der Waals surface area contributed by atoms with Crippen molar-refractivity contribution in [1.82, 2.24) is 0 Å². The van der Waals surface area contributed by atoms with E-state index in [1.807, 2.05) is 0 Å². The molecule has 0 aliphatic carbocycles. The third-order valence-electron chi connectivity index (χ3n) is 1.54. The van der Waals surface area contributed by atoms with Crippen LogP contribution in [-0.4, -0.2) is 0 Å². The van der Waals surface area contributed by atoms with Crippen LogP contribution in [0.15, 0.2) is 12.1 Å². The van der Waals surface area contributed by atoms with E-state index in [9.17, 15) is 13.2 Å². The highest BCUT2D eigenvalue weighted by atomic mass is 79.9. The zero-order valence-electron chi connectivity index (χ0n) is 6.24. The van der Waals surface area contributed by atoms with Crippen LogP contribution in [-0.2, 0) is 0 Å². The number of aryl methyl sites for hydroxylation is 1. The quantitative estimate of drug-likeness (QED) is 0.656. The molecule has 1 aromatic rings. The third-order valence-corrected chi connectivity index (χ3v) is 2.03. The Morgan fingerprint density at radius 1 is 1.25 bits per heavy atom. The molecule has 0 aromatic heterocycles. The largest absolute Gasteiger partial charge is 0.230 e. The second-order valence-electron chi connectivity index (χ2n) is 2.40. The summed E-state index contributed by atoms with van der Waals surface area (Å²) in [6.07, 6.45) is 0. The van der Waals surface area contributed by atoms with Crippen molar-refractivity contribution in [3.8, 4) is 0 Å². The summed E-state index contributed by atoms with van der Waals surface area (Å²) < 4.78 is 38.2. The van der Waals surface area contributed by atoms with Gasteiger partial charge in [0.2, 0.25) is 0 Å². The molecule has 0 saturated heterocycles. The molecule has 0 bridgehead atoms. The molecule has 1 unspecified atom stereocenters. The van der Waals surface area contributed by atoms with E-state index in [4.69, 9.17) is 0 Å². The Hall–Kier alpha value is -0.510. The molecule has 12 heavy (non-hydrogen) atoms. The Morgan fingerprint density at radius 2 is 1.83 bits per heavy atom. The molecule has 4 heteroatoms. The molecule has 0 spiro atoms. The van der Waals surface area contributed by atoms with Crippen molar-refractivity contribution in [2.24, 2.45) is 0 Å². The number of halogens is 4. The van der Waals surface area contributed by atoms with Gasteiger partial charge in [0.05, 0.1) is 0 Å². The van der Waals surface area contributed by atoms with Crippen LogP contribution in [0.1, 0.15) is 16.2 Å². The predicted octanol–water partition coefficient (Wildman–Crippen LogP) is 3.64. The first-order chi connectivity index (χ1) is 5.54. The average molecular weight is 239 g/mol. The maximum absolute atomic E-state index is 12.9. The number of hydrogen-bond donors (Lipinski definition) is 0. The first-order valence-corrected chi connectivity index (χ1v) is 4.18. The summed E-state index contributed by atoms with van der Waals surface area (Å²) in [7, 11) is 0. The van der Waals surface area contributed by atoms with Crippen molar-refractivity contribution >= 4 is 15.9 Å². The highest BCUT2D eigenvalue weighted by molar-refractivity contribution is 9.09. The van der Waals surface area contributed by atoms with E-state index >= 15 is 0 Å². The average Bonchev–Trinajstić information content (AvgIpc) is 2.00. The van der Waals surface area contributed by atoms with Gasteiger partial charge in [-0.2, -0.15) is 0 Å². The lowest BCUT2D eigenvalue weighted by atomic mass is 10.1. The maximum atomic E-state index is 12.9. The minimum atomic E-state index is -1.66. The fourth-order valence-corrected chi connectivity index (χ4v) is 1.18. The van der Waals surface area contributed by atoms with Gasteiger partial charge in [-0.05, 0) is 28.4 Å². The van der Waals surface area contributed by atoms with E-state index in [0.29, 0.717) is 0 Å². The zero-order chi connectivity index (χ0) is 9.30. The van der Waals surface area contributed by atoms with Crippen molar-refractivity contribution in [2.45, 2.75) is 12.0 Å².